The lowest BCUT2D eigenvalue weighted by atomic mass is 10.1. The van der Waals surface area contributed by atoms with Crippen LogP contribution in [0.3, 0.4) is 0 Å². The Morgan fingerprint density at radius 3 is 2.58 bits per heavy atom. The molecule has 0 saturated carbocycles. The normalized spacial score (nSPS) is 11.8. The highest BCUT2D eigenvalue weighted by Crippen LogP contribution is 2.34. The molecular formula is C23H24F3N3O3S. The Morgan fingerprint density at radius 1 is 1.15 bits per heavy atom. The standard InChI is InChI=1S/C23H24F3N3O3S/c1-15(2)32-13-7-12-29-21(31)16-8-3-5-10-18(16)28-22(29)33-14-20(30)27-19-11-6-4-9-17(19)23(24,25)26/h3-6,8-11,15H,7,12-14H2,1-2H3,(H,27,30). The van der Waals surface area contributed by atoms with Crippen LogP contribution in [0.5, 0.6) is 0 Å². The predicted molar refractivity (Wildman–Crippen MR) is 123 cm³/mol. The maximum atomic E-state index is 13.2. The fraction of sp³-hybridized carbons (Fsp3) is 0.348. The van der Waals surface area contributed by atoms with Crippen molar-refractivity contribution in [1.29, 1.82) is 0 Å². The first kappa shape index (κ1) is 24.8. The van der Waals surface area contributed by atoms with E-state index < -0.39 is 17.6 Å². The van der Waals surface area contributed by atoms with Crippen LogP contribution in [0.15, 0.2) is 58.5 Å². The molecule has 0 atom stereocenters. The summed E-state index contributed by atoms with van der Waals surface area (Å²) in [6.45, 7) is 4.63. The van der Waals surface area contributed by atoms with Gasteiger partial charge in [-0.3, -0.25) is 14.2 Å². The Bertz CT molecular complexity index is 1180. The summed E-state index contributed by atoms with van der Waals surface area (Å²) in [5, 5.41) is 3.08. The number of anilines is 1. The van der Waals surface area contributed by atoms with Crippen molar-refractivity contribution < 1.29 is 22.7 Å². The van der Waals surface area contributed by atoms with E-state index in [9.17, 15) is 22.8 Å². The summed E-state index contributed by atoms with van der Waals surface area (Å²) in [4.78, 5) is 29.9. The van der Waals surface area contributed by atoms with Gasteiger partial charge in [-0.1, -0.05) is 36.0 Å². The first-order chi connectivity index (χ1) is 15.7. The van der Waals surface area contributed by atoms with Crippen LogP contribution in [0, 0.1) is 0 Å². The number of rotatable bonds is 9. The van der Waals surface area contributed by atoms with Gasteiger partial charge in [-0.05, 0) is 44.5 Å². The molecule has 0 aliphatic rings. The van der Waals surface area contributed by atoms with Gasteiger partial charge in [0, 0.05) is 13.2 Å². The molecule has 33 heavy (non-hydrogen) atoms. The van der Waals surface area contributed by atoms with E-state index in [2.05, 4.69) is 10.3 Å². The van der Waals surface area contributed by atoms with Crippen molar-refractivity contribution in [3.05, 3.63) is 64.4 Å². The van der Waals surface area contributed by atoms with Crippen LogP contribution < -0.4 is 10.9 Å². The molecule has 0 aliphatic carbocycles. The zero-order chi connectivity index (χ0) is 24.0. The van der Waals surface area contributed by atoms with Crippen molar-refractivity contribution in [1.82, 2.24) is 9.55 Å². The molecule has 6 nitrogen and oxygen atoms in total. The maximum absolute atomic E-state index is 13.2. The third-order valence-corrected chi connectivity index (χ3v) is 5.62. The Labute approximate surface area is 193 Å². The van der Waals surface area contributed by atoms with Gasteiger partial charge in [0.05, 0.1) is 34.0 Å². The second-order valence-electron chi connectivity index (χ2n) is 7.52. The second kappa shape index (κ2) is 10.8. The minimum Gasteiger partial charge on any atom is -0.379 e. The molecule has 1 N–H and O–H groups in total. The van der Waals surface area contributed by atoms with Gasteiger partial charge in [0.15, 0.2) is 5.16 Å². The number of fused-ring (bicyclic) bond motifs is 1. The quantitative estimate of drug-likeness (QED) is 0.267. The molecule has 0 unspecified atom stereocenters. The molecule has 0 spiro atoms. The van der Waals surface area contributed by atoms with Crippen molar-refractivity contribution >= 4 is 34.3 Å². The molecule has 0 aliphatic heterocycles. The monoisotopic (exact) mass is 479 g/mol. The zero-order valence-corrected chi connectivity index (χ0v) is 19.0. The Kier molecular flexibility index (Phi) is 8.15. The van der Waals surface area contributed by atoms with E-state index in [0.29, 0.717) is 35.6 Å². The molecule has 3 rings (SSSR count). The van der Waals surface area contributed by atoms with Crippen LogP contribution in [0.4, 0.5) is 18.9 Å². The molecule has 1 amide bonds. The number of carbonyl (C=O) groups excluding carboxylic acids is 1. The molecule has 0 radical (unpaired) electrons. The summed E-state index contributed by atoms with van der Waals surface area (Å²) in [6, 6.07) is 11.7. The average Bonchev–Trinajstić information content (AvgIpc) is 2.76. The number of nitrogens with zero attached hydrogens (tertiary/aromatic N) is 2. The van der Waals surface area contributed by atoms with E-state index in [0.717, 1.165) is 17.8 Å². The molecular weight excluding hydrogens is 455 g/mol. The summed E-state index contributed by atoms with van der Waals surface area (Å²) in [5.41, 5.74) is -0.988. The van der Waals surface area contributed by atoms with Gasteiger partial charge in [-0.15, -0.1) is 0 Å². The van der Waals surface area contributed by atoms with E-state index in [1.54, 1.807) is 24.3 Å². The van der Waals surface area contributed by atoms with Crippen molar-refractivity contribution in [2.24, 2.45) is 0 Å². The van der Waals surface area contributed by atoms with Crippen LogP contribution in [0.2, 0.25) is 0 Å². The minimum atomic E-state index is -4.59. The van der Waals surface area contributed by atoms with Crippen molar-refractivity contribution in [3.8, 4) is 0 Å². The first-order valence-electron chi connectivity index (χ1n) is 10.4. The van der Waals surface area contributed by atoms with Crippen LogP contribution >= 0.6 is 11.8 Å². The van der Waals surface area contributed by atoms with E-state index in [-0.39, 0.29) is 23.1 Å². The lowest BCUT2D eigenvalue weighted by Crippen LogP contribution is -2.25. The minimum absolute atomic E-state index is 0.0635. The van der Waals surface area contributed by atoms with E-state index in [1.165, 1.54) is 22.8 Å². The summed E-state index contributed by atoms with van der Waals surface area (Å²) >= 11 is 0.999. The third-order valence-electron chi connectivity index (χ3n) is 4.64. The number of hydrogen-bond acceptors (Lipinski definition) is 5. The second-order valence-corrected chi connectivity index (χ2v) is 8.46. The van der Waals surface area contributed by atoms with Gasteiger partial charge in [-0.25, -0.2) is 4.98 Å². The number of para-hydroxylation sites is 2. The molecule has 0 saturated heterocycles. The van der Waals surface area contributed by atoms with Crippen molar-refractivity contribution in [2.45, 2.75) is 44.2 Å². The number of halogens is 3. The van der Waals surface area contributed by atoms with E-state index in [4.69, 9.17) is 4.74 Å². The lowest BCUT2D eigenvalue weighted by molar-refractivity contribution is -0.137. The van der Waals surface area contributed by atoms with Gasteiger partial charge in [0.2, 0.25) is 5.91 Å². The van der Waals surface area contributed by atoms with Gasteiger partial charge in [0.1, 0.15) is 0 Å². The largest absolute Gasteiger partial charge is 0.418 e. The number of benzene rings is 2. The van der Waals surface area contributed by atoms with Crippen molar-refractivity contribution in [2.75, 3.05) is 17.7 Å². The SMILES string of the molecule is CC(C)OCCCn1c(SCC(=O)Nc2ccccc2C(F)(F)F)nc2ccccc2c1=O. The Hall–Kier alpha value is -2.85. The van der Waals surface area contributed by atoms with Crippen LogP contribution in [-0.2, 0) is 22.3 Å². The number of hydrogen-bond donors (Lipinski definition) is 1. The predicted octanol–water partition coefficient (Wildman–Crippen LogP) is 4.96. The highest BCUT2D eigenvalue weighted by atomic mass is 32.2. The topological polar surface area (TPSA) is 73.2 Å². The smallest absolute Gasteiger partial charge is 0.379 e. The van der Waals surface area contributed by atoms with Crippen LogP contribution in [0.25, 0.3) is 10.9 Å². The molecule has 0 fully saturated rings. The first-order valence-corrected chi connectivity index (χ1v) is 11.4. The third kappa shape index (κ3) is 6.58. The number of amides is 1. The fourth-order valence-electron chi connectivity index (χ4n) is 3.15. The molecule has 1 heterocycles. The molecule has 3 aromatic rings. The summed E-state index contributed by atoms with van der Waals surface area (Å²) in [7, 11) is 0. The number of carbonyl (C=O) groups is 1. The van der Waals surface area contributed by atoms with Gasteiger partial charge in [0.25, 0.3) is 5.56 Å². The Balaban J connectivity index is 1.78. The number of thioether (sulfide) groups is 1. The molecule has 1 aromatic heterocycles. The molecule has 2 aromatic carbocycles. The highest BCUT2D eigenvalue weighted by molar-refractivity contribution is 7.99. The number of nitrogens with one attached hydrogen (secondary N) is 1. The number of aromatic nitrogens is 2. The van der Waals surface area contributed by atoms with E-state index in [1.807, 2.05) is 13.8 Å². The highest BCUT2D eigenvalue weighted by Gasteiger charge is 2.33. The van der Waals surface area contributed by atoms with Crippen molar-refractivity contribution in [3.63, 3.8) is 0 Å². The number of ether oxygens (including phenoxy) is 1. The van der Waals surface area contributed by atoms with Gasteiger partial charge < -0.3 is 10.1 Å². The van der Waals surface area contributed by atoms with Gasteiger partial charge in [-0.2, -0.15) is 13.2 Å². The zero-order valence-electron chi connectivity index (χ0n) is 18.2. The molecule has 176 valence electrons. The van der Waals surface area contributed by atoms with Crippen LogP contribution in [0.1, 0.15) is 25.8 Å². The maximum Gasteiger partial charge on any atom is 0.418 e. The summed E-state index contributed by atoms with van der Waals surface area (Å²) < 4.78 is 46.5. The van der Waals surface area contributed by atoms with Gasteiger partial charge >= 0.3 is 6.18 Å². The molecule has 0 bridgehead atoms. The van der Waals surface area contributed by atoms with E-state index >= 15 is 0 Å². The molecule has 10 heteroatoms. The summed E-state index contributed by atoms with van der Waals surface area (Å²) in [5.74, 6) is -0.840. The average molecular weight is 480 g/mol. The van der Waals surface area contributed by atoms with Crippen LogP contribution in [-0.4, -0.2) is 33.9 Å². The Morgan fingerprint density at radius 2 is 1.85 bits per heavy atom. The lowest BCUT2D eigenvalue weighted by Gasteiger charge is -2.15. The fourth-order valence-corrected chi connectivity index (χ4v) is 3.98. The summed E-state index contributed by atoms with van der Waals surface area (Å²) in [6.07, 6.45) is -3.96. The number of alkyl halides is 3.